The van der Waals surface area contributed by atoms with Crippen LogP contribution in [0.5, 0.6) is 5.75 Å². The molecule has 0 aliphatic carbocycles. The number of carbonyl (C=O) groups is 1. The molecule has 20 heavy (non-hydrogen) atoms. The quantitative estimate of drug-likeness (QED) is 0.850. The van der Waals surface area contributed by atoms with Gasteiger partial charge in [0.15, 0.2) is 0 Å². The van der Waals surface area contributed by atoms with Crippen LogP contribution in [0.4, 0.5) is 0 Å². The molecule has 1 aromatic heterocycles. The van der Waals surface area contributed by atoms with Gasteiger partial charge in [-0.25, -0.2) is 4.98 Å². The summed E-state index contributed by atoms with van der Waals surface area (Å²) in [4.78, 5) is 19.3. The molecule has 0 bridgehead atoms. The summed E-state index contributed by atoms with van der Waals surface area (Å²) in [6.45, 7) is 4.57. The second-order valence-corrected chi connectivity index (χ2v) is 4.55. The van der Waals surface area contributed by atoms with Gasteiger partial charge < -0.3 is 15.0 Å². The van der Waals surface area contributed by atoms with Crippen LogP contribution in [0.1, 0.15) is 42.5 Å². The lowest BCUT2D eigenvalue weighted by Gasteiger charge is -2.12. The minimum Gasteiger partial charge on any atom is -0.494 e. The number of nitrogens with one attached hydrogen (secondary N) is 2. The van der Waals surface area contributed by atoms with Crippen LogP contribution in [0.3, 0.4) is 0 Å². The highest BCUT2D eigenvalue weighted by molar-refractivity contribution is 5.94. The van der Waals surface area contributed by atoms with Crippen molar-refractivity contribution in [2.45, 2.75) is 26.3 Å². The van der Waals surface area contributed by atoms with Crippen LogP contribution in [0.2, 0.25) is 0 Å². The third kappa shape index (κ3) is 3.60. The Bertz CT molecular complexity index is 552. The topological polar surface area (TPSA) is 67.0 Å². The zero-order chi connectivity index (χ0) is 14.4. The SMILES string of the molecule is CCCOc1cccc(C(=O)NC(C)c2ncc[nH]2)c1. The van der Waals surface area contributed by atoms with Crippen LogP contribution in [0.15, 0.2) is 36.7 Å². The molecule has 0 spiro atoms. The zero-order valence-corrected chi connectivity index (χ0v) is 11.7. The molecule has 0 aliphatic rings. The molecule has 2 rings (SSSR count). The normalized spacial score (nSPS) is 11.9. The molecule has 0 radical (unpaired) electrons. The fraction of sp³-hybridized carbons (Fsp3) is 0.333. The molecule has 2 aromatic rings. The van der Waals surface area contributed by atoms with Gasteiger partial charge in [0.05, 0.1) is 12.6 Å². The number of nitrogens with zero attached hydrogens (tertiary/aromatic N) is 1. The molecule has 0 saturated carbocycles. The highest BCUT2D eigenvalue weighted by atomic mass is 16.5. The molecular weight excluding hydrogens is 254 g/mol. The molecule has 0 fully saturated rings. The van der Waals surface area contributed by atoms with Crippen LogP contribution in [0, 0.1) is 0 Å². The van der Waals surface area contributed by atoms with E-state index in [0.717, 1.165) is 12.2 Å². The van der Waals surface area contributed by atoms with E-state index in [-0.39, 0.29) is 11.9 Å². The number of aromatic amines is 1. The maximum atomic E-state index is 12.2. The average molecular weight is 273 g/mol. The number of imidazole rings is 1. The Morgan fingerprint density at radius 2 is 2.35 bits per heavy atom. The average Bonchev–Trinajstić information content (AvgIpc) is 2.99. The van der Waals surface area contributed by atoms with Crippen molar-refractivity contribution in [1.82, 2.24) is 15.3 Å². The highest BCUT2D eigenvalue weighted by Crippen LogP contribution is 2.15. The molecule has 1 heterocycles. The van der Waals surface area contributed by atoms with Gasteiger partial charge in [0.1, 0.15) is 11.6 Å². The van der Waals surface area contributed by atoms with Gasteiger partial charge in [0.25, 0.3) is 5.91 Å². The first-order chi connectivity index (χ1) is 9.70. The van der Waals surface area contributed by atoms with Crippen LogP contribution < -0.4 is 10.1 Å². The number of ether oxygens (including phenoxy) is 1. The molecule has 1 atom stereocenters. The maximum Gasteiger partial charge on any atom is 0.251 e. The van der Waals surface area contributed by atoms with Gasteiger partial charge in [0, 0.05) is 18.0 Å². The van der Waals surface area contributed by atoms with E-state index in [2.05, 4.69) is 15.3 Å². The lowest BCUT2D eigenvalue weighted by atomic mass is 10.2. The molecule has 0 saturated heterocycles. The third-order valence-corrected chi connectivity index (χ3v) is 2.85. The molecule has 1 amide bonds. The Balaban J connectivity index is 2.01. The first-order valence-electron chi connectivity index (χ1n) is 6.73. The summed E-state index contributed by atoms with van der Waals surface area (Å²) in [6, 6.07) is 7.01. The largest absolute Gasteiger partial charge is 0.494 e. The molecular formula is C15H19N3O2. The summed E-state index contributed by atoms with van der Waals surface area (Å²) in [6.07, 6.45) is 4.33. The Kier molecular flexibility index (Phi) is 4.76. The number of hydrogen-bond acceptors (Lipinski definition) is 3. The second kappa shape index (κ2) is 6.75. The molecule has 5 nitrogen and oxygen atoms in total. The predicted octanol–water partition coefficient (Wildman–Crippen LogP) is 2.69. The molecule has 5 heteroatoms. The van der Waals surface area contributed by atoms with Crippen molar-refractivity contribution in [1.29, 1.82) is 0 Å². The van der Waals surface area contributed by atoms with E-state index in [4.69, 9.17) is 4.74 Å². The van der Waals surface area contributed by atoms with Gasteiger partial charge in [-0.1, -0.05) is 13.0 Å². The van der Waals surface area contributed by atoms with Crippen LogP contribution in [-0.4, -0.2) is 22.5 Å². The van der Waals surface area contributed by atoms with Gasteiger partial charge in [0.2, 0.25) is 0 Å². The lowest BCUT2D eigenvalue weighted by molar-refractivity contribution is 0.0938. The minimum absolute atomic E-state index is 0.143. The summed E-state index contributed by atoms with van der Waals surface area (Å²) in [5.41, 5.74) is 0.581. The van der Waals surface area contributed by atoms with Crippen molar-refractivity contribution in [2.24, 2.45) is 0 Å². The standard InChI is InChI=1S/C15H19N3O2/c1-3-9-20-13-6-4-5-12(10-13)15(19)18-11(2)14-16-7-8-17-14/h4-8,10-11H,3,9H2,1-2H3,(H,16,17)(H,18,19). The van der Waals surface area contributed by atoms with E-state index in [1.54, 1.807) is 24.5 Å². The first kappa shape index (κ1) is 14.1. The van der Waals surface area contributed by atoms with Crippen LogP contribution in [-0.2, 0) is 0 Å². The number of hydrogen-bond donors (Lipinski definition) is 2. The summed E-state index contributed by atoms with van der Waals surface area (Å²) in [7, 11) is 0. The summed E-state index contributed by atoms with van der Waals surface area (Å²) >= 11 is 0. The summed E-state index contributed by atoms with van der Waals surface area (Å²) < 4.78 is 5.52. The molecule has 106 valence electrons. The molecule has 1 unspecified atom stereocenters. The number of aromatic nitrogens is 2. The molecule has 0 aliphatic heterocycles. The second-order valence-electron chi connectivity index (χ2n) is 4.55. The monoisotopic (exact) mass is 273 g/mol. The van der Waals surface area contributed by atoms with Gasteiger partial charge in [-0.05, 0) is 31.5 Å². The van der Waals surface area contributed by atoms with Gasteiger partial charge in [-0.15, -0.1) is 0 Å². The smallest absolute Gasteiger partial charge is 0.251 e. The fourth-order valence-electron chi connectivity index (χ4n) is 1.81. The van der Waals surface area contributed by atoms with E-state index in [1.807, 2.05) is 26.0 Å². The third-order valence-electron chi connectivity index (χ3n) is 2.85. The highest BCUT2D eigenvalue weighted by Gasteiger charge is 2.13. The minimum atomic E-state index is -0.169. The predicted molar refractivity (Wildman–Crippen MR) is 76.7 cm³/mol. The summed E-state index contributed by atoms with van der Waals surface area (Å²) in [5.74, 6) is 1.30. The Morgan fingerprint density at radius 1 is 1.50 bits per heavy atom. The number of H-pyrrole nitrogens is 1. The van der Waals surface area contributed by atoms with E-state index in [1.165, 1.54) is 0 Å². The lowest BCUT2D eigenvalue weighted by Crippen LogP contribution is -2.27. The van der Waals surface area contributed by atoms with Crippen molar-refractivity contribution >= 4 is 5.91 Å². The summed E-state index contributed by atoms with van der Waals surface area (Å²) in [5, 5.41) is 2.89. The van der Waals surface area contributed by atoms with Gasteiger partial charge in [-0.2, -0.15) is 0 Å². The first-order valence-corrected chi connectivity index (χ1v) is 6.73. The number of amides is 1. The van der Waals surface area contributed by atoms with E-state index < -0.39 is 0 Å². The zero-order valence-electron chi connectivity index (χ0n) is 11.7. The van der Waals surface area contributed by atoms with Crippen LogP contribution >= 0.6 is 0 Å². The maximum absolute atomic E-state index is 12.2. The van der Waals surface area contributed by atoms with Gasteiger partial charge in [-0.3, -0.25) is 4.79 Å². The van der Waals surface area contributed by atoms with Gasteiger partial charge >= 0.3 is 0 Å². The van der Waals surface area contributed by atoms with E-state index in [0.29, 0.717) is 17.9 Å². The number of rotatable bonds is 6. The van der Waals surface area contributed by atoms with Crippen molar-refractivity contribution in [3.8, 4) is 5.75 Å². The van der Waals surface area contributed by atoms with E-state index >= 15 is 0 Å². The fourth-order valence-corrected chi connectivity index (χ4v) is 1.81. The Hall–Kier alpha value is -2.30. The Labute approximate surface area is 118 Å². The van der Waals surface area contributed by atoms with Crippen molar-refractivity contribution in [3.05, 3.63) is 48.0 Å². The van der Waals surface area contributed by atoms with Crippen LogP contribution in [0.25, 0.3) is 0 Å². The van der Waals surface area contributed by atoms with Crippen molar-refractivity contribution in [2.75, 3.05) is 6.61 Å². The van der Waals surface area contributed by atoms with Crippen molar-refractivity contribution < 1.29 is 9.53 Å². The van der Waals surface area contributed by atoms with Crippen molar-refractivity contribution in [3.63, 3.8) is 0 Å². The number of benzene rings is 1. The van der Waals surface area contributed by atoms with E-state index in [9.17, 15) is 4.79 Å². The number of carbonyl (C=O) groups excluding carboxylic acids is 1. The molecule has 1 aromatic carbocycles. The molecule has 2 N–H and O–H groups in total. The Morgan fingerprint density at radius 3 is 3.05 bits per heavy atom.